The van der Waals surface area contributed by atoms with E-state index in [2.05, 4.69) is 4.90 Å². The van der Waals surface area contributed by atoms with E-state index in [4.69, 9.17) is 21.1 Å². The highest BCUT2D eigenvalue weighted by Gasteiger charge is 2.26. The smallest absolute Gasteiger partial charge is 0.306 e. The highest BCUT2D eigenvalue weighted by Crippen LogP contribution is 2.27. The third-order valence-corrected chi connectivity index (χ3v) is 3.75. The monoisotopic (exact) mass is 281 g/mol. The molecule has 0 aliphatic carbocycles. The van der Waals surface area contributed by atoms with Gasteiger partial charge in [0.2, 0.25) is 0 Å². The lowest BCUT2D eigenvalue weighted by Gasteiger charge is -2.22. The molecule has 0 spiro atoms. The molecule has 102 valence electrons. The van der Waals surface area contributed by atoms with Crippen molar-refractivity contribution in [3.05, 3.63) is 28.8 Å². The molecule has 1 fully saturated rings. The van der Waals surface area contributed by atoms with Crippen LogP contribution in [0.2, 0.25) is 5.02 Å². The van der Waals surface area contributed by atoms with Crippen LogP contribution in [0.3, 0.4) is 0 Å². The number of cyclic esters (lactones) is 1. The minimum absolute atomic E-state index is 0.0215. The molecule has 3 rings (SSSR count). The van der Waals surface area contributed by atoms with Gasteiger partial charge in [0.1, 0.15) is 18.5 Å². The molecule has 1 saturated heterocycles. The maximum atomic E-state index is 11.1. The fraction of sp³-hybridized carbons (Fsp3) is 0.500. The van der Waals surface area contributed by atoms with Crippen LogP contribution in [0.5, 0.6) is 5.75 Å². The standard InChI is InChI=1S/C14H16ClNO3/c15-11-1-3-13-10(7-11)8-16(5-6-18-13)9-12-2-4-14(17)19-12/h1,3,7,12H,2,4-6,8-9H2. The van der Waals surface area contributed by atoms with Crippen LogP contribution in [-0.4, -0.2) is 36.7 Å². The number of carbonyl (C=O) groups excluding carboxylic acids is 1. The van der Waals surface area contributed by atoms with Crippen LogP contribution in [-0.2, 0) is 16.1 Å². The summed E-state index contributed by atoms with van der Waals surface area (Å²) in [6, 6.07) is 5.70. The van der Waals surface area contributed by atoms with Gasteiger partial charge in [0.25, 0.3) is 0 Å². The van der Waals surface area contributed by atoms with Crippen molar-refractivity contribution in [2.24, 2.45) is 0 Å². The van der Waals surface area contributed by atoms with E-state index in [1.54, 1.807) is 0 Å². The molecule has 1 aromatic carbocycles. The molecule has 4 nitrogen and oxygen atoms in total. The van der Waals surface area contributed by atoms with Gasteiger partial charge in [0.15, 0.2) is 0 Å². The number of ether oxygens (including phenoxy) is 2. The van der Waals surface area contributed by atoms with Gasteiger partial charge in [-0.3, -0.25) is 9.69 Å². The number of esters is 1. The zero-order valence-electron chi connectivity index (χ0n) is 10.6. The van der Waals surface area contributed by atoms with Crippen LogP contribution < -0.4 is 4.74 Å². The van der Waals surface area contributed by atoms with Crippen LogP contribution in [0.25, 0.3) is 0 Å². The predicted octanol–water partition coefficient (Wildman–Crippen LogP) is 2.24. The summed E-state index contributed by atoms with van der Waals surface area (Å²) in [5.74, 6) is 0.815. The van der Waals surface area contributed by atoms with Gasteiger partial charge in [-0.2, -0.15) is 0 Å². The summed E-state index contributed by atoms with van der Waals surface area (Å²) >= 11 is 6.02. The zero-order valence-corrected chi connectivity index (χ0v) is 11.4. The van der Waals surface area contributed by atoms with Crippen molar-refractivity contribution in [1.29, 1.82) is 0 Å². The van der Waals surface area contributed by atoms with E-state index in [9.17, 15) is 4.79 Å². The van der Waals surface area contributed by atoms with Gasteiger partial charge in [-0.25, -0.2) is 0 Å². The molecule has 1 aromatic rings. The van der Waals surface area contributed by atoms with E-state index in [1.165, 1.54) is 0 Å². The Hall–Kier alpha value is -1.26. The molecule has 2 aliphatic rings. The second-order valence-corrected chi connectivity index (χ2v) is 5.42. The second-order valence-electron chi connectivity index (χ2n) is 4.99. The summed E-state index contributed by atoms with van der Waals surface area (Å²) in [6.45, 7) is 3.03. The summed E-state index contributed by atoms with van der Waals surface area (Å²) < 4.78 is 11.0. The third-order valence-electron chi connectivity index (χ3n) is 3.51. The lowest BCUT2D eigenvalue weighted by molar-refractivity contribution is -0.142. The van der Waals surface area contributed by atoms with Gasteiger partial charge in [0, 0.05) is 36.6 Å². The number of rotatable bonds is 2. The second kappa shape index (κ2) is 5.39. The first kappa shape index (κ1) is 12.8. The first-order chi connectivity index (χ1) is 9.20. The molecule has 0 radical (unpaired) electrons. The third kappa shape index (κ3) is 3.01. The van der Waals surface area contributed by atoms with Crippen molar-refractivity contribution >= 4 is 17.6 Å². The van der Waals surface area contributed by atoms with Crippen LogP contribution in [0, 0.1) is 0 Å². The molecule has 19 heavy (non-hydrogen) atoms. The molecule has 1 atom stereocenters. The largest absolute Gasteiger partial charge is 0.492 e. The Morgan fingerprint density at radius 3 is 3.11 bits per heavy atom. The van der Waals surface area contributed by atoms with Crippen molar-refractivity contribution in [2.45, 2.75) is 25.5 Å². The van der Waals surface area contributed by atoms with Gasteiger partial charge >= 0.3 is 5.97 Å². The average Bonchev–Trinajstić information content (AvgIpc) is 2.67. The molecule has 0 aromatic heterocycles. The van der Waals surface area contributed by atoms with Crippen molar-refractivity contribution in [3.8, 4) is 5.75 Å². The highest BCUT2D eigenvalue weighted by molar-refractivity contribution is 6.30. The summed E-state index contributed by atoms with van der Waals surface area (Å²) in [5.41, 5.74) is 1.09. The van der Waals surface area contributed by atoms with Gasteiger partial charge in [0.05, 0.1) is 0 Å². The number of carbonyl (C=O) groups is 1. The number of fused-ring (bicyclic) bond motifs is 1. The van der Waals surface area contributed by atoms with Gasteiger partial charge < -0.3 is 9.47 Å². The lowest BCUT2D eigenvalue weighted by Crippen LogP contribution is -2.33. The SMILES string of the molecule is O=C1CCC(CN2CCOc3ccc(Cl)cc3C2)O1. The van der Waals surface area contributed by atoms with E-state index in [1.807, 2.05) is 18.2 Å². The maximum absolute atomic E-state index is 11.1. The average molecular weight is 282 g/mol. The van der Waals surface area contributed by atoms with Crippen molar-refractivity contribution in [1.82, 2.24) is 4.90 Å². The molecular weight excluding hydrogens is 266 g/mol. The number of nitrogens with zero attached hydrogens (tertiary/aromatic N) is 1. The fourth-order valence-corrected chi connectivity index (χ4v) is 2.77. The number of halogens is 1. The predicted molar refractivity (Wildman–Crippen MR) is 71.3 cm³/mol. The van der Waals surface area contributed by atoms with Crippen LogP contribution in [0.15, 0.2) is 18.2 Å². The van der Waals surface area contributed by atoms with Crippen LogP contribution in [0.1, 0.15) is 18.4 Å². The summed E-state index contributed by atoms with van der Waals surface area (Å²) in [4.78, 5) is 13.4. The molecule has 2 heterocycles. The summed E-state index contributed by atoms with van der Waals surface area (Å²) in [7, 11) is 0. The first-order valence-corrected chi connectivity index (χ1v) is 6.91. The Labute approximate surface area is 117 Å². The minimum atomic E-state index is -0.0838. The maximum Gasteiger partial charge on any atom is 0.306 e. The summed E-state index contributed by atoms with van der Waals surface area (Å²) in [6.07, 6.45) is 1.38. The number of hydrogen-bond donors (Lipinski definition) is 0. The Morgan fingerprint density at radius 2 is 2.32 bits per heavy atom. The van der Waals surface area contributed by atoms with E-state index in [0.29, 0.717) is 13.0 Å². The Kier molecular flexibility index (Phi) is 3.62. The minimum Gasteiger partial charge on any atom is -0.492 e. The Bertz CT molecular complexity index is 492. The fourth-order valence-electron chi connectivity index (χ4n) is 2.57. The molecule has 2 aliphatic heterocycles. The molecule has 0 saturated carbocycles. The first-order valence-electron chi connectivity index (χ1n) is 6.54. The van der Waals surface area contributed by atoms with Gasteiger partial charge in [-0.05, 0) is 24.6 Å². The van der Waals surface area contributed by atoms with Crippen LogP contribution in [0.4, 0.5) is 0 Å². The van der Waals surface area contributed by atoms with Crippen LogP contribution >= 0.6 is 11.6 Å². The van der Waals surface area contributed by atoms with E-state index in [0.717, 1.165) is 42.4 Å². The number of benzene rings is 1. The topological polar surface area (TPSA) is 38.8 Å². The quantitative estimate of drug-likeness (QED) is 0.780. The molecule has 5 heteroatoms. The van der Waals surface area contributed by atoms with Crippen molar-refractivity contribution in [2.75, 3.05) is 19.7 Å². The molecule has 0 amide bonds. The molecule has 0 bridgehead atoms. The van der Waals surface area contributed by atoms with E-state index in [-0.39, 0.29) is 12.1 Å². The molecular formula is C14H16ClNO3. The van der Waals surface area contributed by atoms with Crippen molar-refractivity contribution in [3.63, 3.8) is 0 Å². The van der Waals surface area contributed by atoms with Gasteiger partial charge in [-0.15, -0.1) is 0 Å². The zero-order chi connectivity index (χ0) is 13.2. The van der Waals surface area contributed by atoms with Crippen molar-refractivity contribution < 1.29 is 14.3 Å². The molecule has 0 N–H and O–H groups in total. The van der Waals surface area contributed by atoms with E-state index >= 15 is 0 Å². The number of hydrogen-bond acceptors (Lipinski definition) is 4. The molecule has 1 unspecified atom stereocenters. The lowest BCUT2D eigenvalue weighted by atomic mass is 10.1. The van der Waals surface area contributed by atoms with Gasteiger partial charge in [-0.1, -0.05) is 11.6 Å². The Morgan fingerprint density at radius 1 is 1.42 bits per heavy atom. The highest BCUT2D eigenvalue weighted by atomic mass is 35.5. The normalized spacial score (nSPS) is 23.4. The summed E-state index contributed by atoms with van der Waals surface area (Å²) in [5, 5.41) is 0.719. The Balaban J connectivity index is 1.69. The van der Waals surface area contributed by atoms with E-state index < -0.39 is 0 Å².